The largest absolute Gasteiger partial charge is 0.478 e. The van der Waals surface area contributed by atoms with Crippen molar-refractivity contribution in [3.05, 3.63) is 108 Å². The first-order chi connectivity index (χ1) is 12.6. The second kappa shape index (κ2) is 9.54. The summed E-state index contributed by atoms with van der Waals surface area (Å²) in [6.45, 7) is 0. The zero-order valence-corrected chi connectivity index (χ0v) is 13.7. The van der Waals surface area contributed by atoms with E-state index in [-0.39, 0.29) is 0 Å². The molecule has 0 radical (unpaired) electrons. The highest BCUT2D eigenvalue weighted by molar-refractivity contribution is 6.02. The Hall–Kier alpha value is -3.73. The first kappa shape index (κ1) is 18.6. The SMILES string of the molecule is O=C(O)c1ccccc1.O=C(OC(=O)c1ccccc1)c1ccccc1. The third-order valence-corrected chi connectivity index (χ3v) is 3.23. The Morgan fingerprint density at radius 2 is 0.846 bits per heavy atom. The molecule has 3 aromatic rings. The van der Waals surface area contributed by atoms with Crippen molar-refractivity contribution in [1.82, 2.24) is 0 Å². The molecule has 5 nitrogen and oxygen atoms in total. The highest BCUT2D eigenvalue weighted by Gasteiger charge is 2.13. The van der Waals surface area contributed by atoms with Gasteiger partial charge in [-0.25, -0.2) is 14.4 Å². The van der Waals surface area contributed by atoms with Gasteiger partial charge in [0.05, 0.1) is 16.7 Å². The molecule has 0 aliphatic rings. The summed E-state index contributed by atoms with van der Waals surface area (Å²) in [7, 11) is 0. The van der Waals surface area contributed by atoms with Gasteiger partial charge in [0.25, 0.3) is 0 Å². The number of carbonyl (C=O) groups is 3. The summed E-state index contributed by atoms with van der Waals surface area (Å²) in [6, 6.07) is 25.1. The summed E-state index contributed by atoms with van der Waals surface area (Å²) < 4.78 is 4.74. The number of esters is 2. The highest BCUT2D eigenvalue weighted by atomic mass is 16.6. The Balaban J connectivity index is 0.000000228. The van der Waals surface area contributed by atoms with E-state index in [0.717, 1.165) is 0 Å². The monoisotopic (exact) mass is 348 g/mol. The van der Waals surface area contributed by atoms with Crippen LogP contribution in [0.2, 0.25) is 0 Å². The Morgan fingerprint density at radius 3 is 1.12 bits per heavy atom. The Morgan fingerprint density at radius 1 is 0.538 bits per heavy atom. The molecule has 0 saturated heterocycles. The normalized spacial score (nSPS) is 9.38. The summed E-state index contributed by atoms with van der Waals surface area (Å²) in [6.07, 6.45) is 0. The summed E-state index contributed by atoms with van der Waals surface area (Å²) in [4.78, 5) is 33.4. The van der Waals surface area contributed by atoms with Crippen molar-refractivity contribution in [2.45, 2.75) is 0 Å². The Kier molecular flexibility index (Phi) is 6.83. The molecule has 5 heteroatoms. The fourth-order valence-electron chi connectivity index (χ4n) is 1.93. The van der Waals surface area contributed by atoms with E-state index in [0.29, 0.717) is 16.7 Å². The van der Waals surface area contributed by atoms with Gasteiger partial charge in [0, 0.05) is 0 Å². The van der Waals surface area contributed by atoms with Gasteiger partial charge in [0.1, 0.15) is 0 Å². The van der Waals surface area contributed by atoms with Crippen LogP contribution in [-0.2, 0) is 4.74 Å². The number of rotatable bonds is 3. The first-order valence-electron chi connectivity index (χ1n) is 7.73. The van der Waals surface area contributed by atoms with Gasteiger partial charge in [-0.1, -0.05) is 54.6 Å². The van der Waals surface area contributed by atoms with Crippen molar-refractivity contribution < 1.29 is 24.2 Å². The Bertz CT molecular complexity index is 809. The number of carboxylic acids is 1. The molecule has 3 rings (SSSR count). The maximum Gasteiger partial charge on any atom is 0.346 e. The average molecular weight is 348 g/mol. The fraction of sp³-hybridized carbons (Fsp3) is 0. The third kappa shape index (κ3) is 5.72. The van der Waals surface area contributed by atoms with Gasteiger partial charge in [-0.05, 0) is 36.4 Å². The van der Waals surface area contributed by atoms with Crippen LogP contribution in [0, 0.1) is 0 Å². The lowest BCUT2D eigenvalue weighted by atomic mass is 10.2. The zero-order valence-electron chi connectivity index (χ0n) is 13.7. The molecular formula is C21H16O5. The van der Waals surface area contributed by atoms with Crippen LogP contribution in [0.1, 0.15) is 31.1 Å². The second-order valence-electron chi connectivity index (χ2n) is 5.08. The van der Waals surface area contributed by atoms with E-state index in [1.54, 1.807) is 91.0 Å². The number of carboxylic acid groups (broad SMARTS) is 1. The van der Waals surface area contributed by atoms with Crippen molar-refractivity contribution >= 4 is 17.9 Å². The molecule has 130 valence electrons. The maximum atomic E-state index is 11.6. The molecule has 0 aliphatic heterocycles. The van der Waals surface area contributed by atoms with E-state index in [9.17, 15) is 14.4 Å². The molecule has 0 amide bonds. The maximum absolute atomic E-state index is 11.6. The molecule has 0 aliphatic carbocycles. The smallest absolute Gasteiger partial charge is 0.346 e. The number of aromatic carboxylic acids is 1. The van der Waals surface area contributed by atoms with Crippen molar-refractivity contribution in [2.24, 2.45) is 0 Å². The minimum absolute atomic E-state index is 0.331. The molecule has 0 heterocycles. The van der Waals surface area contributed by atoms with Gasteiger partial charge in [-0.2, -0.15) is 0 Å². The van der Waals surface area contributed by atoms with Gasteiger partial charge < -0.3 is 9.84 Å². The lowest BCUT2D eigenvalue weighted by Gasteiger charge is -2.02. The van der Waals surface area contributed by atoms with Crippen LogP contribution in [0.5, 0.6) is 0 Å². The molecule has 26 heavy (non-hydrogen) atoms. The molecule has 3 aromatic carbocycles. The summed E-state index contributed by atoms with van der Waals surface area (Å²) >= 11 is 0. The standard InChI is InChI=1S/C14H10O3.C7H6O2/c15-13(11-7-3-1-4-8-11)17-14(16)12-9-5-2-6-10-12;8-7(9)6-4-2-1-3-5-6/h1-10H;1-5H,(H,8,9). The Labute approximate surface area is 150 Å². The van der Waals surface area contributed by atoms with Gasteiger partial charge in [-0.3, -0.25) is 0 Å². The van der Waals surface area contributed by atoms with Gasteiger partial charge in [0.2, 0.25) is 0 Å². The number of hydrogen-bond acceptors (Lipinski definition) is 4. The van der Waals surface area contributed by atoms with Crippen LogP contribution in [0.25, 0.3) is 0 Å². The molecule has 0 atom stereocenters. The lowest BCUT2D eigenvalue weighted by molar-refractivity contribution is 0.0397. The lowest BCUT2D eigenvalue weighted by Crippen LogP contribution is -2.12. The van der Waals surface area contributed by atoms with Crippen molar-refractivity contribution in [2.75, 3.05) is 0 Å². The molecule has 0 saturated carbocycles. The van der Waals surface area contributed by atoms with Crippen LogP contribution in [-0.4, -0.2) is 23.0 Å². The van der Waals surface area contributed by atoms with E-state index in [2.05, 4.69) is 0 Å². The summed E-state index contributed by atoms with van der Waals surface area (Å²) in [5.74, 6) is -2.16. The van der Waals surface area contributed by atoms with Crippen molar-refractivity contribution in [1.29, 1.82) is 0 Å². The number of benzene rings is 3. The summed E-state index contributed by atoms with van der Waals surface area (Å²) in [5, 5.41) is 8.38. The first-order valence-corrected chi connectivity index (χ1v) is 7.73. The second-order valence-corrected chi connectivity index (χ2v) is 5.08. The molecule has 0 spiro atoms. The minimum atomic E-state index is -0.879. The molecule has 0 bridgehead atoms. The van der Waals surface area contributed by atoms with E-state index >= 15 is 0 Å². The minimum Gasteiger partial charge on any atom is -0.478 e. The predicted molar refractivity (Wildman–Crippen MR) is 96.0 cm³/mol. The van der Waals surface area contributed by atoms with E-state index in [1.165, 1.54) is 0 Å². The predicted octanol–water partition coefficient (Wildman–Crippen LogP) is 4.07. The van der Waals surface area contributed by atoms with Crippen LogP contribution < -0.4 is 0 Å². The summed E-state index contributed by atoms with van der Waals surface area (Å²) in [5.41, 5.74) is 1.05. The quantitative estimate of drug-likeness (QED) is 0.570. The van der Waals surface area contributed by atoms with E-state index < -0.39 is 17.9 Å². The van der Waals surface area contributed by atoms with Gasteiger partial charge in [0.15, 0.2) is 0 Å². The van der Waals surface area contributed by atoms with Crippen LogP contribution >= 0.6 is 0 Å². The topological polar surface area (TPSA) is 80.7 Å². The van der Waals surface area contributed by atoms with Crippen LogP contribution in [0.15, 0.2) is 91.0 Å². The van der Waals surface area contributed by atoms with Crippen LogP contribution in [0.4, 0.5) is 0 Å². The zero-order chi connectivity index (χ0) is 18.8. The van der Waals surface area contributed by atoms with Gasteiger partial charge in [-0.15, -0.1) is 0 Å². The molecule has 1 N–H and O–H groups in total. The molecule has 0 unspecified atom stereocenters. The highest BCUT2D eigenvalue weighted by Crippen LogP contribution is 2.06. The third-order valence-electron chi connectivity index (χ3n) is 3.23. The van der Waals surface area contributed by atoms with Crippen LogP contribution in [0.3, 0.4) is 0 Å². The average Bonchev–Trinajstić information content (AvgIpc) is 2.70. The molecule has 0 aromatic heterocycles. The molecular weight excluding hydrogens is 332 g/mol. The molecule has 0 fully saturated rings. The van der Waals surface area contributed by atoms with Crippen molar-refractivity contribution in [3.8, 4) is 0 Å². The number of ether oxygens (including phenoxy) is 1. The fourth-order valence-corrected chi connectivity index (χ4v) is 1.93. The van der Waals surface area contributed by atoms with Gasteiger partial charge >= 0.3 is 17.9 Å². The van der Waals surface area contributed by atoms with E-state index in [4.69, 9.17) is 9.84 Å². The van der Waals surface area contributed by atoms with E-state index in [1.807, 2.05) is 0 Å². The number of carbonyl (C=O) groups excluding carboxylic acids is 2. The van der Waals surface area contributed by atoms with Crippen molar-refractivity contribution in [3.63, 3.8) is 0 Å². The number of hydrogen-bond donors (Lipinski definition) is 1.